The van der Waals surface area contributed by atoms with E-state index in [0.717, 1.165) is 51.3 Å². The Kier molecular flexibility index (Phi) is 17.1. The van der Waals surface area contributed by atoms with Crippen LogP contribution in [0.1, 0.15) is 85.4 Å². The molecule has 1 aromatic carbocycles. The summed E-state index contributed by atoms with van der Waals surface area (Å²) in [5.74, 6) is 0.902. The van der Waals surface area contributed by atoms with Gasteiger partial charge in [-0.15, -0.1) is 0 Å². The Morgan fingerprint density at radius 2 is 1.67 bits per heavy atom. The van der Waals surface area contributed by atoms with E-state index in [1.807, 2.05) is 79.8 Å². The number of rotatable bonds is 8. The second-order valence-corrected chi connectivity index (χ2v) is 8.88. The van der Waals surface area contributed by atoms with Crippen molar-refractivity contribution in [2.24, 2.45) is 4.99 Å². The van der Waals surface area contributed by atoms with Crippen molar-refractivity contribution in [3.63, 3.8) is 0 Å². The van der Waals surface area contributed by atoms with Gasteiger partial charge >= 0.3 is 0 Å². The van der Waals surface area contributed by atoms with Gasteiger partial charge in [0.1, 0.15) is 5.82 Å². The van der Waals surface area contributed by atoms with Crippen molar-refractivity contribution in [2.45, 2.75) is 81.7 Å². The average molecular weight is 531 g/mol. The highest BCUT2D eigenvalue weighted by atomic mass is 15.0. The summed E-state index contributed by atoms with van der Waals surface area (Å²) >= 11 is 0. The minimum Gasteiger partial charge on any atom is -0.383 e. The average Bonchev–Trinajstić information content (AvgIpc) is 2.98. The topological polar surface area (TPSA) is 40.5 Å². The van der Waals surface area contributed by atoms with Crippen molar-refractivity contribution in [3.8, 4) is 11.3 Å². The minimum absolute atomic E-state index is 0.324. The summed E-state index contributed by atoms with van der Waals surface area (Å²) < 4.78 is 0. The number of aliphatic imine (C=N–C) groups is 1. The first-order chi connectivity index (χ1) is 18.8. The molecule has 1 aromatic heterocycles. The summed E-state index contributed by atoms with van der Waals surface area (Å²) in [4.78, 5) is 11.5. The molecule has 0 saturated carbocycles. The zero-order valence-electron chi connectivity index (χ0n) is 27.0. The molecule has 39 heavy (non-hydrogen) atoms. The number of allylic oxidation sites excluding steroid dienone is 4. The highest BCUT2D eigenvalue weighted by molar-refractivity contribution is 6.11. The molecule has 1 N–H and O–H groups in total. The molecule has 3 rings (SSSR count). The summed E-state index contributed by atoms with van der Waals surface area (Å²) in [6, 6.07) is 11.1. The summed E-state index contributed by atoms with van der Waals surface area (Å²) in [5.41, 5.74) is 10.4. The van der Waals surface area contributed by atoms with E-state index < -0.39 is 0 Å². The molecule has 1 aliphatic rings. The van der Waals surface area contributed by atoms with E-state index in [1.54, 1.807) is 7.05 Å². The van der Waals surface area contributed by atoms with Gasteiger partial charge in [-0.3, -0.25) is 4.99 Å². The molecular weight excluding hydrogens is 476 g/mol. The SMILES string of the molecule is C=C/C(=C\N(C)C)c1cccc(-c2nc(NC3CC(C)=C3C)c(/C(C=NC)=C/C)cc2C)c1.CC.CC.CC. The number of nitrogens with one attached hydrogen (secondary N) is 1. The van der Waals surface area contributed by atoms with Crippen molar-refractivity contribution in [1.29, 1.82) is 0 Å². The van der Waals surface area contributed by atoms with Crippen molar-refractivity contribution in [2.75, 3.05) is 26.5 Å². The van der Waals surface area contributed by atoms with E-state index in [-0.39, 0.29) is 0 Å². The maximum Gasteiger partial charge on any atom is 0.135 e. The third kappa shape index (κ3) is 9.69. The van der Waals surface area contributed by atoms with Crippen molar-refractivity contribution >= 4 is 23.2 Å². The van der Waals surface area contributed by atoms with Gasteiger partial charge in [-0.05, 0) is 68.5 Å². The van der Waals surface area contributed by atoms with Crippen LogP contribution in [0.2, 0.25) is 0 Å². The van der Waals surface area contributed by atoms with Gasteiger partial charge in [0.2, 0.25) is 0 Å². The molecule has 0 bridgehead atoms. The monoisotopic (exact) mass is 530 g/mol. The van der Waals surface area contributed by atoms with Crippen LogP contribution >= 0.6 is 0 Å². The molecule has 0 aliphatic heterocycles. The third-order valence-electron chi connectivity index (χ3n) is 6.21. The maximum atomic E-state index is 5.17. The van der Waals surface area contributed by atoms with Crippen LogP contribution in [-0.4, -0.2) is 43.3 Å². The first-order valence-electron chi connectivity index (χ1n) is 14.4. The van der Waals surface area contributed by atoms with Crippen LogP contribution in [0.15, 0.2) is 71.4 Å². The van der Waals surface area contributed by atoms with E-state index in [4.69, 9.17) is 4.98 Å². The fourth-order valence-electron chi connectivity index (χ4n) is 4.15. The van der Waals surface area contributed by atoms with Crippen LogP contribution in [0.3, 0.4) is 0 Å². The van der Waals surface area contributed by atoms with Crippen molar-refractivity contribution in [3.05, 3.63) is 83.1 Å². The van der Waals surface area contributed by atoms with Crippen LogP contribution in [0, 0.1) is 6.92 Å². The van der Waals surface area contributed by atoms with Crippen LogP contribution in [0.25, 0.3) is 22.4 Å². The first kappa shape index (κ1) is 35.6. The molecule has 2 aromatic rings. The second kappa shape index (κ2) is 18.8. The van der Waals surface area contributed by atoms with E-state index in [0.29, 0.717) is 6.04 Å². The molecule has 1 heterocycles. The fourth-order valence-corrected chi connectivity index (χ4v) is 4.15. The molecule has 1 atom stereocenters. The Bertz CT molecular complexity index is 1160. The molecule has 1 unspecified atom stereocenters. The Hall–Kier alpha value is -3.40. The van der Waals surface area contributed by atoms with Gasteiger partial charge in [0.05, 0.1) is 11.7 Å². The molecule has 0 spiro atoms. The van der Waals surface area contributed by atoms with Crippen LogP contribution in [0.4, 0.5) is 5.82 Å². The van der Waals surface area contributed by atoms with E-state index >= 15 is 0 Å². The fraction of sp³-hybridized carbons (Fsp3) is 0.429. The normalized spacial score (nSPS) is 14.6. The summed E-state index contributed by atoms with van der Waals surface area (Å²) in [7, 11) is 5.84. The Labute approximate surface area is 240 Å². The predicted molar refractivity (Wildman–Crippen MR) is 179 cm³/mol. The smallest absolute Gasteiger partial charge is 0.135 e. The molecule has 0 saturated heterocycles. The quantitative estimate of drug-likeness (QED) is 0.210. The lowest BCUT2D eigenvalue weighted by molar-refractivity contribution is 0.566. The number of anilines is 1. The maximum absolute atomic E-state index is 5.17. The van der Waals surface area contributed by atoms with Crippen LogP contribution < -0.4 is 5.32 Å². The third-order valence-corrected chi connectivity index (χ3v) is 6.21. The Balaban J connectivity index is 0.00000225. The van der Waals surface area contributed by atoms with Gasteiger partial charge in [0, 0.05) is 44.7 Å². The Morgan fingerprint density at radius 1 is 1.03 bits per heavy atom. The number of hydrogen-bond acceptors (Lipinski definition) is 4. The number of aryl methyl sites for hydroxylation is 1. The predicted octanol–water partition coefficient (Wildman–Crippen LogP) is 9.85. The number of hydrogen-bond donors (Lipinski definition) is 1. The van der Waals surface area contributed by atoms with E-state index in [9.17, 15) is 0 Å². The molecule has 214 valence electrons. The van der Waals surface area contributed by atoms with Crippen LogP contribution in [-0.2, 0) is 0 Å². The van der Waals surface area contributed by atoms with Crippen LogP contribution in [0.5, 0.6) is 0 Å². The molecule has 0 radical (unpaired) electrons. The molecule has 0 fully saturated rings. The van der Waals surface area contributed by atoms with E-state index in [1.165, 1.54) is 11.1 Å². The van der Waals surface area contributed by atoms with Gasteiger partial charge in [0.25, 0.3) is 0 Å². The Morgan fingerprint density at radius 3 is 2.15 bits per heavy atom. The van der Waals surface area contributed by atoms with Gasteiger partial charge in [-0.2, -0.15) is 0 Å². The molecule has 1 aliphatic carbocycles. The minimum atomic E-state index is 0.324. The zero-order chi connectivity index (χ0) is 30.1. The number of pyridine rings is 1. The second-order valence-electron chi connectivity index (χ2n) is 8.88. The molecule has 4 nitrogen and oxygen atoms in total. The summed E-state index contributed by atoms with van der Waals surface area (Å²) in [6.07, 6.45) is 9.02. The lowest BCUT2D eigenvalue weighted by Gasteiger charge is -2.32. The van der Waals surface area contributed by atoms with Crippen molar-refractivity contribution < 1.29 is 0 Å². The zero-order valence-corrected chi connectivity index (χ0v) is 27.0. The van der Waals surface area contributed by atoms with Gasteiger partial charge in [0.15, 0.2) is 0 Å². The van der Waals surface area contributed by atoms with Gasteiger partial charge in [-0.25, -0.2) is 4.98 Å². The lowest BCUT2D eigenvalue weighted by Crippen LogP contribution is -2.30. The highest BCUT2D eigenvalue weighted by Crippen LogP contribution is 2.35. The molecular formula is C35H54N4. The standard InChI is InChI=1S/C29H36N4.3C2H6/c1-9-22(17-30-6)26-14-20(4)28(32-29(26)31-27-15-19(3)21(27)5)25-13-11-12-24(16-25)23(10-2)18-33(7)8;3*1-2/h9-14,16-18,27H,2,15H2,1,3-8H3,(H,31,32);3*1-2H3/b22-9+,23-18+,30-17?;;;. The van der Waals surface area contributed by atoms with Crippen molar-refractivity contribution in [1.82, 2.24) is 9.88 Å². The van der Waals surface area contributed by atoms with Gasteiger partial charge in [-0.1, -0.05) is 89.6 Å². The largest absolute Gasteiger partial charge is 0.383 e. The molecule has 4 heteroatoms. The number of benzene rings is 1. The number of nitrogens with zero attached hydrogens (tertiary/aromatic N) is 3. The summed E-state index contributed by atoms with van der Waals surface area (Å²) in [5, 5.41) is 3.71. The lowest BCUT2D eigenvalue weighted by atomic mass is 9.85. The highest BCUT2D eigenvalue weighted by Gasteiger charge is 2.25. The molecule has 0 amide bonds. The van der Waals surface area contributed by atoms with E-state index in [2.05, 4.69) is 80.3 Å². The number of aromatic nitrogens is 1. The summed E-state index contributed by atoms with van der Waals surface area (Å²) in [6.45, 7) is 24.6. The van der Waals surface area contributed by atoms with Gasteiger partial charge < -0.3 is 10.2 Å². The first-order valence-corrected chi connectivity index (χ1v) is 14.4.